The highest BCUT2D eigenvalue weighted by Gasteiger charge is 1.92. The van der Waals surface area contributed by atoms with E-state index in [2.05, 4.69) is 18.8 Å². The molecular weight excluding hydrogens is 266 g/mol. The number of unbranched alkanes of at least 4 members (excludes halogenated alkanes) is 13. The summed E-state index contributed by atoms with van der Waals surface area (Å²) < 4.78 is 0. The molecule has 0 amide bonds. The van der Waals surface area contributed by atoms with Crippen LogP contribution in [0.4, 0.5) is 0 Å². The quantitative estimate of drug-likeness (QED) is 0.342. The fraction of sp³-hybridized carbons (Fsp3) is 0.762. The first-order valence-electron chi connectivity index (χ1n) is 9.76. The number of hydrogen-bond donors (Lipinski definition) is 0. The molecule has 0 radical (unpaired) electrons. The maximum absolute atomic E-state index is 3.78. The highest BCUT2D eigenvalue weighted by molar-refractivity contribution is 4.88. The average Bonchev–Trinajstić information content (AvgIpc) is 2.58. The molecule has 0 saturated carbocycles. The molecule has 22 heavy (non-hydrogen) atoms. The maximum atomic E-state index is 3.78. The van der Waals surface area contributed by atoms with Crippen molar-refractivity contribution in [3.05, 3.63) is 30.6 Å². The third-order valence-corrected chi connectivity index (χ3v) is 4.02. The van der Waals surface area contributed by atoms with Gasteiger partial charge in [-0.05, 0) is 12.1 Å². The molecule has 0 aliphatic rings. The zero-order valence-electron chi connectivity index (χ0n) is 15.2. The topological polar surface area (TPSA) is 12.9 Å². The fourth-order valence-corrected chi connectivity index (χ4v) is 2.58. The summed E-state index contributed by atoms with van der Waals surface area (Å²) in [5, 5.41) is 0. The molecule has 0 aromatic carbocycles. The van der Waals surface area contributed by atoms with Gasteiger partial charge in [0, 0.05) is 12.4 Å². The molecular formula is C21H39N. The van der Waals surface area contributed by atoms with Gasteiger partial charge < -0.3 is 0 Å². The highest BCUT2D eigenvalue weighted by Crippen LogP contribution is 2.12. The zero-order valence-corrected chi connectivity index (χ0v) is 15.2. The zero-order chi connectivity index (χ0) is 16.1. The minimum atomic E-state index is 1.37. The first-order valence-corrected chi connectivity index (χ1v) is 9.76. The van der Waals surface area contributed by atoms with Crippen molar-refractivity contribution in [2.24, 2.45) is 0 Å². The van der Waals surface area contributed by atoms with Gasteiger partial charge in [0.15, 0.2) is 0 Å². The number of nitrogens with zero attached hydrogens (tertiary/aromatic N) is 1. The molecule has 0 aliphatic heterocycles. The van der Waals surface area contributed by atoms with Gasteiger partial charge in [-0.25, -0.2) is 0 Å². The van der Waals surface area contributed by atoms with Crippen molar-refractivity contribution >= 4 is 0 Å². The van der Waals surface area contributed by atoms with Crippen LogP contribution in [0, 0.1) is 0 Å². The molecule has 0 aliphatic carbocycles. The Kier molecular flexibility index (Phi) is 19.4. The summed E-state index contributed by atoms with van der Waals surface area (Å²) in [7, 11) is 0. The average molecular weight is 306 g/mol. The number of hydrogen-bond acceptors (Lipinski definition) is 1. The predicted molar refractivity (Wildman–Crippen MR) is 100 cm³/mol. The van der Waals surface area contributed by atoms with E-state index in [0.717, 1.165) is 0 Å². The van der Waals surface area contributed by atoms with E-state index in [1.165, 1.54) is 89.9 Å². The lowest BCUT2D eigenvalue weighted by Crippen LogP contribution is -1.82. The van der Waals surface area contributed by atoms with Gasteiger partial charge in [0.1, 0.15) is 0 Å². The smallest absolute Gasteiger partial charge is 0.0267 e. The third kappa shape index (κ3) is 19.1. The summed E-state index contributed by atoms with van der Waals surface area (Å²) >= 11 is 0. The van der Waals surface area contributed by atoms with Gasteiger partial charge in [-0.3, -0.25) is 4.98 Å². The van der Waals surface area contributed by atoms with E-state index in [9.17, 15) is 0 Å². The van der Waals surface area contributed by atoms with Crippen molar-refractivity contribution in [1.82, 2.24) is 4.98 Å². The molecule has 1 aromatic rings. The minimum absolute atomic E-state index is 1.37. The van der Waals surface area contributed by atoms with Crippen molar-refractivity contribution < 1.29 is 0 Å². The molecule has 1 aromatic heterocycles. The van der Waals surface area contributed by atoms with E-state index in [-0.39, 0.29) is 0 Å². The first kappa shape index (κ1) is 21.1. The largest absolute Gasteiger partial charge is 0.265 e. The van der Waals surface area contributed by atoms with Crippen LogP contribution in [0.1, 0.15) is 104 Å². The minimum Gasteiger partial charge on any atom is -0.265 e. The SMILES string of the molecule is CCCCCCCCCCCCCCCC.c1ccncc1. The van der Waals surface area contributed by atoms with Crippen LogP contribution >= 0.6 is 0 Å². The van der Waals surface area contributed by atoms with Gasteiger partial charge in [0.05, 0.1) is 0 Å². The van der Waals surface area contributed by atoms with Crippen LogP contribution in [-0.4, -0.2) is 4.98 Å². The molecule has 0 unspecified atom stereocenters. The van der Waals surface area contributed by atoms with E-state index >= 15 is 0 Å². The van der Waals surface area contributed by atoms with Gasteiger partial charge in [0.25, 0.3) is 0 Å². The summed E-state index contributed by atoms with van der Waals surface area (Å²) in [6.45, 7) is 4.58. The van der Waals surface area contributed by atoms with Crippen LogP contribution in [0.25, 0.3) is 0 Å². The molecule has 0 saturated heterocycles. The van der Waals surface area contributed by atoms with Crippen molar-refractivity contribution in [2.75, 3.05) is 0 Å². The lowest BCUT2D eigenvalue weighted by atomic mass is 10.0. The number of pyridine rings is 1. The summed E-state index contributed by atoms with van der Waals surface area (Å²) in [6, 6.07) is 5.72. The normalized spacial score (nSPS) is 10.1. The van der Waals surface area contributed by atoms with Crippen LogP contribution < -0.4 is 0 Å². The summed E-state index contributed by atoms with van der Waals surface area (Å²) in [5.74, 6) is 0. The van der Waals surface area contributed by atoms with Crippen molar-refractivity contribution in [3.8, 4) is 0 Å². The monoisotopic (exact) mass is 305 g/mol. The maximum Gasteiger partial charge on any atom is 0.0267 e. The van der Waals surface area contributed by atoms with Crippen LogP contribution in [0.3, 0.4) is 0 Å². The Bertz CT molecular complexity index is 230. The van der Waals surface area contributed by atoms with Crippen molar-refractivity contribution in [2.45, 2.75) is 104 Å². The first-order chi connectivity index (χ1) is 10.9. The molecule has 0 bridgehead atoms. The van der Waals surface area contributed by atoms with E-state index in [1.807, 2.05) is 18.2 Å². The Morgan fingerprint density at radius 3 is 0.955 bits per heavy atom. The lowest BCUT2D eigenvalue weighted by Gasteiger charge is -2.02. The lowest BCUT2D eigenvalue weighted by molar-refractivity contribution is 0.538. The summed E-state index contributed by atoms with van der Waals surface area (Å²) in [5.41, 5.74) is 0. The van der Waals surface area contributed by atoms with Crippen molar-refractivity contribution in [1.29, 1.82) is 0 Å². The second kappa shape index (κ2) is 20.1. The van der Waals surface area contributed by atoms with Crippen molar-refractivity contribution in [3.63, 3.8) is 0 Å². The fourth-order valence-electron chi connectivity index (χ4n) is 2.58. The molecule has 1 heteroatoms. The van der Waals surface area contributed by atoms with Crippen LogP contribution in [0.5, 0.6) is 0 Å². The van der Waals surface area contributed by atoms with Gasteiger partial charge in [-0.2, -0.15) is 0 Å². The standard InChI is InChI=1S/C16H34.C5H5N/c1-3-5-7-9-11-13-15-16-14-12-10-8-6-4-2;1-2-4-6-5-3-1/h3-16H2,1-2H3;1-5H. The third-order valence-electron chi connectivity index (χ3n) is 4.02. The Morgan fingerprint density at radius 1 is 0.455 bits per heavy atom. The van der Waals surface area contributed by atoms with Gasteiger partial charge in [-0.1, -0.05) is 110 Å². The van der Waals surface area contributed by atoms with Gasteiger partial charge >= 0.3 is 0 Å². The molecule has 0 spiro atoms. The Labute approximate surface area is 139 Å². The molecule has 1 rings (SSSR count). The number of aromatic nitrogens is 1. The van der Waals surface area contributed by atoms with E-state index in [1.54, 1.807) is 12.4 Å². The van der Waals surface area contributed by atoms with Gasteiger partial charge in [0.2, 0.25) is 0 Å². The summed E-state index contributed by atoms with van der Waals surface area (Å²) in [4.78, 5) is 3.78. The second-order valence-corrected chi connectivity index (χ2v) is 6.27. The van der Waals surface area contributed by atoms with E-state index in [4.69, 9.17) is 0 Å². The second-order valence-electron chi connectivity index (χ2n) is 6.27. The van der Waals surface area contributed by atoms with Crippen LogP contribution in [0.2, 0.25) is 0 Å². The van der Waals surface area contributed by atoms with Gasteiger partial charge in [-0.15, -0.1) is 0 Å². The summed E-state index contributed by atoms with van der Waals surface area (Å²) in [6.07, 6.45) is 23.9. The molecule has 0 atom stereocenters. The Morgan fingerprint density at radius 2 is 0.773 bits per heavy atom. The molecule has 128 valence electrons. The highest BCUT2D eigenvalue weighted by atomic mass is 14.6. The predicted octanol–water partition coefficient (Wildman–Crippen LogP) is 7.57. The molecule has 1 heterocycles. The molecule has 0 fully saturated rings. The Hall–Kier alpha value is -0.850. The van der Waals surface area contributed by atoms with Crippen LogP contribution in [0.15, 0.2) is 30.6 Å². The Balaban J connectivity index is 0.000000604. The number of rotatable bonds is 13. The molecule has 1 nitrogen and oxygen atoms in total. The van der Waals surface area contributed by atoms with E-state index in [0.29, 0.717) is 0 Å². The van der Waals surface area contributed by atoms with Crippen LogP contribution in [-0.2, 0) is 0 Å². The van der Waals surface area contributed by atoms with E-state index < -0.39 is 0 Å². The molecule has 0 N–H and O–H groups in total.